The number of thioether (sulfide) groups is 2. The summed E-state index contributed by atoms with van der Waals surface area (Å²) in [5.41, 5.74) is 0. The van der Waals surface area contributed by atoms with Crippen LogP contribution in [-0.2, 0) is 6.42 Å². The molecule has 0 saturated carbocycles. The zero-order valence-corrected chi connectivity index (χ0v) is 14.2. The summed E-state index contributed by atoms with van der Waals surface area (Å²) in [6.07, 6.45) is 0.831. The van der Waals surface area contributed by atoms with Gasteiger partial charge in [-0.05, 0) is 12.3 Å². The predicted molar refractivity (Wildman–Crippen MR) is 85.2 cm³/mol. The van der Waals surface area contributed by atoms with Gasteiger partial charge in [0.05, 0.1) is 17.8 Å². The first-order chi connectivity index (χ1) is 9.45. The molecule has 4 nitrogen and oxygen atoms in total. The fraction of sp³-hybridized carbons (Fsp3) is 0.857. The van der Waals surface area contributed by atoms with Crippen molar-refractivity contribution in [1.82, 2.24) is 10.1 Å². The lowest BCUT2D eigenvalue weighted by molar-refractivity contribution is 0.138. The highest BCUT2D eigenvalue weighted by molar-refractivity contribution is 8.07. The monoisotopic (exact) mass is 316 g/mol. The van der Waals surface area contributed by atoms with E-state index in [1.807, 2.05) is 23.5 Å². The van der Waals surface area contributed by atoms with Crippen LogP contribution in [0.15, 0.2) is 4.52 Å². The van der Waals surface area contributed by atoms with E-state index in [1.54, 1.807) is 0 Å². The van der Waals surface area contributed by atoms with Gasteiger partial charge in [-0.2, -0.15) is 16.7 Å². The molecule has 0 amide bonds. The Kier molecular flexibility index (Phi) is 5.81. The Balaban J connectivity index is 1.92. The molecule has 0 spiro atoms. The van der Waals surface area contributed by atoms with Crippen molar-refractivity contribution in [1.29, 1.82) is 0 Å². The van der Waals surface area contributed by atoms with Crippen molar-refractivity contribution in [2.75, 3.05) is 5.75 Å². The van der Waals surface area contributed by atoms with E-state index in [9.17, 15) is 5.11 Å². The van der Waals surface area contributed by atoms with Gasteiger partial charge in [-0.15, -0.1) is 11.8 Å². The molecule has 1 fully saturated rings. The second-order valence-corrected chi connectivity index (χ2v) is 8.90. The van der Waals surface area contributed by atoms with E-state index < -0.39 is 6.10 Å². The van der Waals surface area contributed by atoms with Crippen LogP contribution < -0.4 is 0 Å². The summed E-state index contributed by atoms with van der Waals surface area (Å²) >= 11 is 3.89. The van der Waals surface area contributed by atoms with Gasteiger partial charge in [-0.3, -0.25) is 0 Å². The molecule has 114 valence electrons. The Hall–Kier alpha value is -0.200. The molecule has 4 atom stereocenters. The number of aliphatic hydroxyl groups excluding tert-OH is 1. The van der Waals surface area contributed by atoms with Gasteiger partial charge in [0.1, 0.15) is 0 Å². The molecule has 2 rings (SSSR count). The van der Waals surface area contributed by atoms with Crippen molar-refractivity contribution >= 4 is 23.5 Å². The zero-order chi connectivity index (χ0) is 14.7. The minimum atomic E-state index is -0.393. The molecule has 0 aliphatic carbocycles. The predicted octanol–water partition coefficient (Wildman–Crippen LogP) is 3.32. The molecule has 1 aliphatic heterocycles. The number of aromatic nitrogens is 2. The highest BCUT2D eigenvalue weighted by atomic mass is 32.2. The van der Waals surface area contributed by atoms with E-state index in [-0.39, 0.29) is 0 Å². The van der Waals surface area contributed by atoms with Crippen molar-refractivity contribution in [2.45, 2.75) is 62.4 Å². The Morgan fingerprint density at radius 2 is 2.10 bits per heavy atom. The molecular formula is C14H24N2O2S2. The van der Waals surface area contributed by atoms with Crippen molar-refractivity contribution in [3.63, 3.8) is 0 Å². The largest absolute Gasteiger partial charge is 0.393 e. The summed E-state index contributed by atoms with van der Waals surface area (Å²) in [7, 11) is 0. The molecule has 1 aromatic rings. The topological polar surface area (TPSA) is 59.2 Å². The lowest BCUT2D eigenvalue weighted by atomic mass is 10.0. The van der Waals surface area contributed by atoms with Gasteiger partial charge in [0.2, 0.25) is 5.89 Å². The SMILES string of the molecule is CC(C)CC(O)Cc1nc(C2CSC(C)C(C)S2)no1. The molecule has 1 N–H and O–H groups in total. The quantitative estimate of drug-likeness (QED) is 0.899. The van der Waals surface area contributed by atoms with Crippen LogP contribution in [0.5, 0.6) is 0 Å². The lowest BCUT2D eigenvalue weighted by Gasteiger charge is -2.29. The maximum Gasteiger partial charge on any atom is 0.229 e. The van der Waals surface area contributed by atoms with Crippen LogP contribution in [0.25, 0.3) is 0 Å². The van der Waals surface area contributed by atoms with Gasteiger partial charge in [0.15, 0.2) is 5.82 Å². The molecule has 1 aliphatic rings. The normalized spacial score (nSPS) is 28.8. The van der Waals surface area contributed by atoms with Crippen LogP contribution >= 0.6 is 23.5 Å². The van der Waals surface area contributed by atoms with Crippen LogP contribution in [0.4, 0.5) is 0 Å². The maximum atomic E-state index is 9.93. The smallest absolute Gasteiger partial charge is 0.229 e. The number of nitrogens with zero attached hydrogens (tertiary/aromatic N) is 2. The van der Waals surface area contributed by atoms with Gasteiger partial charge in [-0.25, -0.2) is 0 Å². The molecular weight excluding hydrogens is 292 g/mol. The van der Waals surface area contributed by atoms with Crippen LogP contribution in [0.3, 0.4) is 0 Å². The summed E-state index contributed by atoms with van der Waals surface area (Å²) in [5, 5.41) is 15.6. The van der Waals surface area contributed by atoms with Gasteiger partial charge >= 0.3 is 0 Å². The average Bonchev–Trinajstić information content (AvgIpc) is 2.80. The molecule has 6 heteroatoms. The molecule has 0 radical (unpaired) electrons. The lowest BCUT2D eigenvalue weighted by Crippen LogP contribution is -2.22. The second-order valence-electron chi connectivity index (χ2n) is 5.90. The minimum Gasteiger partial charge on any atom is -0.393 e. The minimum absolute atomic E-state index is 0.311. The fourth-order valence-electron chi connectivity index (χ4n) is 2.23. The van der Waals surface area contributed by atoms with E-state index >= 15 is 0 Å². The Morgan fingerprint density at radius 3 is 2.75 bits per heavy atom. The summed E-state index contributed by atoms with van der Waals surface area (Å²) in [6.45, 7) is 8.71. The molecule has 2 heterocycles. The Labute approximate surface area is 129 Å². The molecule has 4 unspecified atom stereocenters. The van der Waals surface area contributed by atoms with Crippen LogP contribution in [0.1, 0.15) is 51.1 Å². The first-order valence-electron chi connectivity index (χ1n) is 7.23. The molecule has 20 heavy (non-hydrogen) atoms. The van der Waals surface area contributed by atoms with Crippen LogP contribution in [0, 0.1) is 5.92 Å². The van der Waals surface area contributed by atoms with Crippen molar-refractivity contribution in [3.8, 4) is 0 Å². The summed E-state index contributed by atoms with van der Waals surface area (Å²) in [4.78, 5) is 4.47. The summed E-state index contributed by atoms with van der Waals surface area (Å²) in [5.74, 6) is 2.85. The van der Waals surface area contributed by atoms with Gasteiger partial charge in [0, 0.05) is 16.3 Å². The highest BCUT2D eigenvalue weighted by Gasteiger charge is 2.30. The zero-order valence-electron chi connectivity index (χ0n) is 12.6. The van der Waals surface area contributed by atoms with E-state index in [2.05, 4.69) is 37.8 Å². The fourth-order valence-corrected chi connectivity index (χ4v) is 5.06. The summed E-state index contributed by atoms with van der Waals surface area (Å²) in [6, 6.07) is 0. The standard InChI is InChI=1S/C14H24N2O2S2/c1-8(2)5-11(17)6-13-15-14(16-18-13)12-7-19-9(3)10(4)20-12/h8-12,17H,5-7H2,1-4H3. The number of rotatable bonds is 5. The van der Waals surface area contributed by atoms with Crippen LogP contribution in [0.2, 0.25) is 0 Å². The number of hydrogen-bond donors (Lipinski definition) is 1. The third-order valence-corrected chi connectivity index (χ3v) is 6.86. The maximum absolute atomic E-state index is 9.93. The Morgan fingerprint density at radius 1 is 1.35 bits per heavy atom. The van der Waals surface area contributed by atoms with Crippen molar-refractivity contribution < 1.29 is 9.63 Å². The van der Waals surface area contributed by atoms with E-state index in [4.69, 9.17) is 4.52 Å². The Bertz CT molecular complexity index is 425. The summed E-state index contributed by atoms with van der Waals surface area (Å²) < 4.78 is 5.29. The van der Waals surface area contributed by atoms with E-state index in [0.29, 0.717) is 34.0 Å². The van der Waals surface area contributed by atoms with E-state index in [0.717, 1.165) is 18.0 Å². The number of aliphatic hydroxyl groups is 1. The van der Waals surface area contributed by atoms with E-state index in [1.165, 1.54) is 0 Å². The first-order valence-corrected chi connectivity index (χ1v) is 9.22. The molecule has 0 aromatic carbocycles. The average molecular weight is 316 g/mol. The number of hydrogen-bond acceptors (Lipinski definition) is 6. The molecule has 1 aromatic heterocycles. The molecule has 0 bridgehead atoms. The first kappa shape index (κ1) is 16.2. The second kappa shape index (κ2) is 7.18. The van der Waals surface area contributed by atoms with Crippen molar-refractivity contribution in [2.24, 2.45) is 5.92 Å². The third-order valence-electron chi connectivity index (χ3n) is 3.48. The highest BCUT2D eigenvalue weighted by Crippen LogP contribution is 2.43. The van der Waals surface area contributed by atoms with Gasteiger partial charge in [-0.1, -0.05) is 32.9 Å². The van der Waals surface area contributed by atoms with Gasteiger partial charge in [0.25, 0.3) is 0 Å². The van der Waals surface area contributed by atoms with Gasteiger partial charge < -0.3 is 9.63 Å². The van der Waals surface area contributed by atoms with Crippen LogP contribution in [-0.4, -0.2) is 37.6 Å². The molecule has 1 saturated heterocycles. The third kappa shape index (κ3) is 4.40. The van der Waals surface area contributed by atoms with Crippen molar-refractivity contribution in [3.05, 3.63) is 11.7 Å².